The van der Waals surface area contributed by atoms with Crippen LogP contribution in [0.1, 0.15) is 11.8 Å². The number of thiocarbonyl (C=S) groups is 1. The Morgan fingerprint density at radius 1 is 1.53 bits per heavy atom. The average Bonchev–Trinajstić information content (AvgIpc) is 2.75. The van der Waals surface area contributed by atoms with Gasteiger partial charge in [0.25, 0.3) is 0 Å². The van der Waals surface area contributed by atoms with Crippen molar-refractivity contribution in [1.29, 1.82) is 0 Å². The van der Waals surface area contributed by atoms with E-state index in [0.717, 1.165) is 11.3 Å². The van der Waals surface area contributed by atoms with Crippen molar-refractivity contribution in [2.45, 2.75) is 25.6 Å². The van der Waals surface area contributed by atoms with Crippen LogP contribution in [0.4, 0.5) is 13.2 Å². The van der Waals surface area contributed by atoms with E-state index in [-0.39, 0.29) is 12.6 Å². The van der Waals surface area contributed by atoms with Crippen molar-refractivity contribution in [3.05, 3.63) is 22.4 Å². The van der Waals surface area contributed by atoms with Gasteiger partial charge in [-0.2, -0.15) is 13.2 Å². The van der Waals surface area contributed by atoms with Crippen LogP contribution in [0.3, 0.4) is 0 Å². The molecule has 2 N–H and O–H groups in total. The van der Waals surface area contributed by atoms with Gasteiger partial charge in [0.2, 0.25) is 0 Å². The quantitative estimate of drug-likeness (QED) is 0.819. The van der Waals surface area contributed by atoms with E-state index >= 15 is 0 Å². The Labute approximate surface area is 120 Å². The van der Waals surface area contributed by atoms with Crippen LogP contribution in [0, 0.1) is 5.92 Å². The van der Waals surface area contributed by atoms with Crippen LogP contribution in [0.5, 0.6) is 0 Å². The number of hydrogen-bond donors (Lipinski definition) is 1. The molecule has 1 aromatic heterocycles. The molecule has 7 heteroatoms. The minimum atomic E-state index is -4.39. The fourth-order valence-electron chi connectivity index (χ4n) is 1.70. The molecule has 0 radical (unpaired) electrons. The van der Waals surface area contributed by atoms with Gasteiger partial charge in [0.15, 0.2) is 0 Å². The van der Waals surface area contributed by atoms with Crippen molar-refractivity contribution >= 4 is 28.5 Å². The highest BCUT2D eigenvalue weighted by molar-refractivity contribution is 7.80. The summed E-state index contributed by atoms with van der Waals surface area (Å²) in [5, 5.41) is 1.95. The molecular formula is C12H17F3N2S2. The van der Waals surface area contributed by atoms with E-state index in [4.69, 9.17) is 5.73 Å². The zero-order chi connectivity index (χ0) is 14.6. The number of nitrogens with zero attached hydrogens (tertiary/aromatic N) is 1. The van der Waals surface area contributed by atoms with Crippen molar-refractivity contribution in [3.8, 4) is 0 Å². The van der Waals surface area contributed by atoms with Crippen LogP contribution in [0.15, 0.2) is 17.5 Å². The molecule has 0 spiro atoms. The molecule has 0 saturated heterocycles. The third-order valence-electron chi connectivity index (χ3n) is 3.04. The first-order chi connectivity index (χ1) is 8.71. The molecular weight excluding hydrogens is 293 g/mol. The Balaban J connectivity index is 2.61. The molecule has 1 aromatic rings. The predicted octanol–water partition coefficient (Wildman–Crippen LogP) is 3.08. The summed E-state index contributed by atoms with van der Waals surface area (Å²) in [6.07, 6.45) is -3.67. The molecule has 0 aliphatic heterocycles. The van der Waals surface area contributed by atoms with E-state index in [1.165, 1.54) is 0 Å². The van der Waals surface area contributed by atoms with Gasteiger partial charge in [0.05, 0.1) is 4.99 Å². The fourth-order valence-corrected chi connectivity index (χ4v) is 2.73. The lowest BCUT2D eigenvalue weighted by molar-refractivity contribution is -0.159. The maximum absolute atomic E-state index is 12.8. The van der Waals surface area contributed by atoms with Gasteiger partial charge in [-0.3, -0.25) is 0 Å². The summed E-state index contributed by atoms with van der Waals surface area (Å²) in [7, 11) is 1.66. The highest BCUT2D eigenvalue weighted by Gasteiger charge is 2.42. The Hall–Kier alpha value is -0.660. The minimum absolute atomic E-state index is 0.00199. The SMILES string of the molecule is CC(Cc1cccs1)N(C)CC(C(N)=S)C(F)(F)F. The van der Waals surface area contributed by atoms with E-state index in [1.54, 1.807) is 23.3 Å². The number of rotatable bonds is 6. The highest BCUT2D eigenvalue weighted by atomic mass is 32.1. The molecule has 1 heterocycles. The first-order valence-electron chi connectivity index (χ1n) is 5.80. The normalized spacial score (nSPS) is 15.5. The molecule has 2 atom stereocenters. The summed E-state index contributed by atoms with van der Waals surface area (Å²) >= 11 is 6.12. The van der Waals surface area contributed by atoms with Crippen LogP contribution < -0.4 is 5.73 Å². The summed E-state index contributed by atoms with van der Waals surface area (Å²) in [5.41, 5.74) is 5.19. The maximum Gasteiger partial charge on any atom is 0.399 e. The topological polar surface area (TPSA) is 29.3 Å². The van der Waals surface area contributed by atoms with Crippen LogP contribution in [-0.2, 0) is 6.42 Å². The second-order valence-corrected chi connectivity index (χ2v) is 6.07. The molecule has 2 unspecified atom stereocenters. The average molecular weight is 310 g/mol. The summed E-state index contributed by atoms with van der Waals surface area (Å²) < 4.78 is 38.3. The van der Waals surface area contributed by atoms with Gasteiger partial charge in [0.1, 0.15) is 5.92 Å². The zero-order valence-corrected chi connectivity index (χ0v) is 12.4. The molecule has 2 nitrogen and oxygen atoms in total. The van der Waals surface area contributed by atoms with E-state index in [1.807, 2.05) is 24.4 Å². The van der Waals surface area contributed by atoms with Gasteiger partial charge in [-0.1, -0.05) is 18.3 Å². The molecule has 1 rings (SSSR count). The molecule has 0 amide bonds. The number of likely N-dealkylation sites (N-methyl/N-ethyl adjacent to an activating group) is 1. The smallest absolute Gasteiger partial charge is 0.393 e. The minimum Gasteiger partial charge on any atom is -0.393 e. The number of nitrogens with two attached hydrogens (primary N) is 1. The molecule has 0 aromatic carbocycles. The molecule has 0 bridgehead atoms. The standard InChI is InChI=1S/C12H17F3N2S2/c1-8(6-9-4-3-5-19-9)17(2)7-10(11(16)18)12(13,14)15/h3-5,8,10H,6-7H2,1-2H3,(H2,16,18). The largest absolute Gasteiger partial charge is 0.399 e. The van der Waals surface area contributed by atoms with Crippen molar-refractivity contribution in [2.24, 2.45) is 11.7 Å². The Bertz CT molecular complexity index is 404. The van der Waals surface area contributed by atoms with Crippen LogP contribution in [-0.4, -0.2) is 35.7 Å². The van der Waals surface area contributed by atoms with Crippen LogP contribution in [0.25, 0.3) is 0 Å². The number of halogens is 3. The van der Waals surface area contributed by atoms with Crippen molar-refractivity contribution in [3.63, 3.8) is 0 Å². The zero-order valence-electron chi connectivity index (χ0n) is 10.8. The van der Waals surface area contributed by atoms with Gasteiger partial charge in [-0.25, -0.2) is 0 Å². The lowest BCUT2D eigenvalue weighted by Gasteiger charge is -2.29. The summed E-state index contributed by atoms with van der Waals surface area (Å²) in [6.45, 7) is 1.69. The third-order valence-corrected chi connectivity index (χ3v) is 4.22. The van der Waals surface area contributed by atoms with Crippen molar-refractivity contribution in [2.75, 3.05) is 13.6 Å². The Morgan fingerprint density at radius 2 is 2.16 bits per heavy atom. The lowest BCUT2D eigenvalue weighted by Crippen LogP contribution is -2.45. The lowest BCUT2D eigenvalue weighted by atomic mass is 10.1. The second kappa shape index (κ2) is 6.67. The van der Waals surface area contributed by atoms with E-state index in [2.05, 4.69) is 12.2 Å². The Kier molecular flexibility index (Phi) is 5.76. The highest BCUT2D eigenvalue weighted by Crippen LogP contribution is 2.28. The summed E-state index contributed by atoms with van der Waals surface area (Å²) in [6, 6.07) is 3.90. The van der Waals surface area contributed by atoms with Crippen molar-refractivity contribution < 1.29 is 13.2 Å². The van der Waals surface area contributed by atoms with E-state index in [9.17, 15) is 13.2 Å². The number of thiophene rings is 1. The molecule has 19 heavy (non-hydrogen) atoms. The molecule has 0 saturated carbocycles. The second-order valence-electron chi connectivity index (χ2n) is 4.57. The molecule has 0 aliphatic carbocycles. The van der Waals surface area contributed by atoms with Crippen LogP contribution >= 0.6 is 23.6 Å². The number of hydrogen-bond acceptors (Lipinski definition) is 3. The Morgan fingerprint density at radius 3 is 2.58 bits per heavy atom. The van der Waals surface area contributed by atoms with Gasteiger partial charge in [0, 0.05) is 17.5 Å². The first-order valence-corrected chi connectivity index (χ1v) is 7.09. The number of alkyl halides is 3. The monoisotopic (exact) mass is 310 g/mol. The summed E-state index contributed by atoms with van der Waals surface area (Å²) in [4.78, 5) is 2.30. The van der Waals surface area contributed by atoms with Gasteiger partial charge < -0.3 is 10.6 Å². The van der Waals surface area contributed by atoms with E-state index < -0.39 is 17.1 Å². The summed E-state index contributed by atoms with van der Waals surface area (Å²) in [5.74, 6) is -1.75. The van der Waals surface area contributed by atoms with Gasteiger partial charge in [-0.05, 0) is 31.8 Å². The van der Waals surface area contributed by atoms with Crippen molar-refractivity contribution in [1.82, 2.24) is 4.90 Å². The molecule has 0 fully saturated rings. The van der Waals surface area contributed by atoms with Crippen LogP contribution in [0.2, 0.25) is 0 Å². The predicted molar refractivity (Wildman–Crippen MR) is 76.4 cm³/mol. The van der Waals surface area contributed by atoms with Gasteiger partial charge in [-0.15, -0.1) is 11.3 Å². The molecule has 0 aliphatic rings. The fraction of sp³-hybridized carbons (Fsp3) is 0.583. The first kappa shape index (κ1) is 16.4. The third kappa shape index (κ3) is 5.08. The molecule has 108 valence electrons. The van der Waals surface area contributed by atoms with Gasteiger partial charge >= 0.3 is 6.18 Å². The maximum atomic E-state index is 12.8. The van der Waals surface area contributed by atoms with E-state index in [0.29, 0.717) is 0 Å².